The topological polar surface area (TPSA) is 30.5 Å². The molecule has 2 aliphatic heterocycles. The fourth-order valence-electron chi connectivity index (χ4n) is 3.69. The first-order valence-electron chi connectivity index (χ1n) is 7.34. The van der Waals surface area contributed by atoms with Gasteiger partial charge < -0.3 is 14.8 Å². The lowest BCUT2D eigenvalue weighted by Crippen LogP contribution is -2.57. The summed E-state index contributed by atoms with van der Waals surface area (Å²) in [6.45, 7) is 3.98. The molecular weight excluding hydrogens is 214 g/mol. The second-order valence-electron chi connectivity index (χ2n) is 5.98. The zero-order valence-electron chi connectivity index (χ0n) is 10.7. The highest BCUT2D eigenvalue weighted by molar-refractivity contribution is 4.93. The first-order valence-corrected chi connectivity index (χ1v) is 7.34. The van der Waals surface area contributed by atoms with Crippen LogP contribution in [0.4, 0.5) is 0 Å². The van der Waals surface area contributed by atoms with E-state index < -0.39 is 0 Å². The standard InChI is InChI=1S/C14H25NO2/c1-2-6-14(7-3-1)11-15-10-13(17-14)12-4-8-16-9-5-12/h12-13,15H,1-11H2. The van der Waals surface area contributed by atoms with Gasteiger partial charge in [0, 0.05) is 26.3 Å². The molecule has 0 aromatic heterocycles. The SMILES string of the molecule is C1CCC2(CC1)CNCC(C1CCOCC1)O2. The molecule has 1 atom stereocenters. The first kappa shape index (κ1) is 11.9. The third kappa shape index (κ3) is 2.67. The molecule has 0 aromatic rings. The Balaban J connectivity index is 1.61. The highest BCUT2D eigenvalue weighted by Crippen LogP contribution is 2.36. The number of nitrogens with one attached hydrogen (secondary N) is 1. The molecule has 17 heavy (non-hydrogen) atoms. The number of hydrogen-bond donors (Lipinski definition) is 1. The maximum absolute atomic E-state index is 6.54. The molecular formula is C14H25NO2. The van der Waals surface area contributed by atoms with E-state index in [0.29, 0.717) is 6.10 Å². The average molecular weight is 239 g/mol. The van der Waals surface area contributed by atoms with Gasteiger partial charge in [0.05, 0.1) is 11.7 Å². The molecule has 0 aromatic carbocycles. The Morgan fingerprint density at radius 3 is 2.53 bits per heavy atom. The monoisotopic (exact) mass is 239 g/mol. The van der Waals surface area contributed by atoms with Gasteiger partial charge in [-0.25, -0.2) is 0 Å². The molecule has 2 saturated heterocycles. The van der Waals surface area contributed by atoms with Crippen molar-refractivity contribution in [1.29, 1.82) is 0 Å². The van der Waals surface area contributed by atoms with Gasteiger partial charge in [-0.3, -0.25) is 0 Å². The highest BCUT2D eigenvalue weighted by atomic mass is 16.5. The molecule has 1 aliphatic carbocycles. The van der Waals surface area contributed by atoms with E-state index in [1.54, 1.807) is 0 Å². The van der Waals surface area contributed by atoms with Crippen LogP contribution in [0.2, 0.25) is 0 Å². The molecule has 0 amide bonds. The minimum Gasteiger partial charge on any atom is -0.381 e. The van der Waals surface area contributed by atoms with Gasteiger partial charge in [-0.05, 0) is 31.6 Å². The molecule has 2 heterocycles. The summed E-state index contributed by atoms with van der Waals surface area (Å²) in [6, 6.07) is 0. The van der Waals surface area contributed by atoms with Crippen LogP contribution in [0.3, 0.4) is 0 Å². The second-order valence-corrected chi connectivity index (χ2v) is 5.98. The lowest BCUT2D eigenvalue weighted by molar-refractivity contribution is -0.160. The summed E-state index contributed by atoms with van der Waals surface area (Å²) in [6.07, 6.45) is 9.42. The molecule has 3 fully saturated rings. The van der Waals surface area contributed by atoms with E-state index in [1.165, 1.54) is 44.9 Å². The fourth-order valence-corrected chi connectivity index (χ4v) is 3.69. The smallest absolute Gasteiger partial charge is 0.0810 e. The maximum atomic E-state index is 6.54. The summed E-state index contributed by atoms with van der Waals surface area (Å²) in [5.74, 6) is 0.718. The van der Waals surface area contributed by atoms with Crippen molar-refractivity contribution in [3.05, 3.63) is 0 Å². The lowest BCUT2D eigenvalue weighted by Gasteiger charge is -2.46. The Morgan fingerprint density at radius 1 is 1.00 bits per heavy atom. The number of ether oxygens (including phenoxy) is 2. The van der Waals surface area contributed by atoms with Crippen molar-refractivity contribution < 1.29 is 9.47 Å². The second kappa shape index (κ2) is 5.25. The number of hydrogen-bond acceptors (Lipinski definition) is 3. The summed E-state index contributed by atoms with van der Waals surface area (Å²) in [7, 11) is 0. The Morgan fingerprint density at radius 2 is 1.76 bits per heavy atom. The van der Waals surface area contributed by atoms with Crippen molar-refractivity contribution in [2.75, 3.05) is 26.3 Å². The summed E-state index contributed by atoms with van der Waals surface area (Å²) in [5, 5.41) is 3.63. The zero-order chi connectivity index (χ0) is 11.6. The number of rotatable bonds is 1. The molecule has 0 bridgehead atoms. The Labute approximate surface area is 104 Å². The molecule has 1 spiro atoms. The third-order valence-electron chi connectivity index (χ3n) is 4.75. The summed E-state index contributed by atoms with van der Waals surface area (Å²) in [4.78, 5) is 0. The largest absolute Gasteiger partial charge is 0.381 e. The van der Waals surface area contributed by atoms with E-state index in [-0.39, 0.29) is 5.60 Å². The van der Waals surface area contributed by atoms with Gasteiger partial charge in [-0.1, -0.05) is 19.3 Å². The van der Waals surface area contributed by atoms with Gasteiger partial charge >= 0.3 is 0 Å². The minimum absolute atomic E-state index is 0.180. The zero-order valence-corrected chi connectivity index (χ0v) is 10.7. The van der Waals surface area contributed by atoms with E-state index >= 15 is 0 Å². The number of morpholine rings is 1. The van der Waals surface area contributed by atoms with Crippen LogP contribution >= 0.6 is 0 Å². The fraction of sp³-hybridized carbons (Fsp3) is 1.00. The van der Waals surface area contributed by atoms with Crippen LogP contribution in [-0.4, -0.2) is 38.0 Å². The van der Waals surface area contributed by atoms with Crippen LogP contribution in [0.15, 0.2) is 0 Å². The quantitative estimate of drug-likeness (QED) is 0.760. The van der Waals surface area contributed by atoms with Gasteiger partial charge in [-0.15, -0.1) is 0 Å². The predicted octanol–water partition coefficient (Wildman–Crippen LogP) is 2.10. The lowest BCUT2D eigenvalue weighted by atomic mass is 9.82. The van der Waals surface area contributed by atoms with E-state index in [9.17, 15) is 0 Å². The molecule has 98 valence electrons. The van der Waals surface area contributed by atoms with Gasteiger partial charge in [0.2, 0.25) is 0 Å². The van der Waals surface area contributed by atoms with E-state index in [0.717, 1.165) is 32.2 Å². The Bertz CT molecular complexity index is 239. The summed E-state index contributed by atoms with van der Waals surface area (Å²) in [5.41, 5.74) is 0.180. The summed E-state index contributed by atoms with van der Waals surface area (Å²) < 4.78 is 12.0. The van der Waals surface area contributed by atoms with Gasteiger partial charge in [0.1, 0.15) is 0 Å². The molecule has 1 unspecified atom stereocenters. The minimum atomic E-state index is 0.180. The van der Waals surface area contributed by atoms with Crippen molar-refractivity contribution in [2.45, 2.75) is 56.7 Å². The molecule has 3 aliphatic rings. The van der Waals surface area contributed by atoms with Crippen LogP contribution in [-0.2, 0) is 9.47 Å². The molecule has 3 rings (SSSR count). The van der Waals surface area contributed by atoms with Crippen molar-refractivity contribution in [2.24, 2.45) is 5.92 Å². The summed E-state index contributed by atoms with van der Waals surface area (Å²) >= 11 is 0. The van der Waals surface area contributed by atoms with E-state index in [2.05, 4.69) is 5.32 Å². The van der Waals surface area contributed by atoms with Crippen LogP contribution in [0.5, 0.6) is 0 Å². The predicted molar refractivity (Wildman–Crippen MR) is 67.1 cm³/mol. The van der Waals surface area contributed by atoms with E-state index in [1.807, 2.05) is 0 Å². The molecule has 0 radical (unpaired) electrons. The Hall–Kier alpha value is -0.120. The first-order chi connectivity index (χ1) is 8.38. The highest BCUT2D eigenvalue weighted by Gasteiger charge is 2.40. The van der Waals surface area contributed by atoms with Crippen molar-refractivity contribution >= 4 is 0 Å². The molecule has 3 heteroatoms. The van der Waals surface area contributed by atoms with Crippen molar-refractivity contribution in [3.63, 3.8) is 0 Å². The molecule has 3 nitrogen and oxygen atoms in total. The van der Waals surface area contributed by atoms with Crippen molar-refractivity contribution in [3.8, 4) is 0 Å². The molecule has 1 saturated carbocycles. The van der Waals surface area contributed by atoms with E-state index in [4.69, 9.17) is 9.47 Å². The van der Waals surface area contributed by atoms with Gasteiger partial charge in [0.15, 0.2) is 0 Å². The normalized spacial score (nSPS) is 34.9. The van der Waals surface area contributed by atoms with Crippen LogP contribution < -0.4 is 5.32 Å². The molecule has 1 N–H and O–H groups in total. The maximum Gasteiger partial charge on any atom is 0.0810 e. The third-order valence-corrected chi connectivity index (χ3v) is 4.75. The van der Waals surface area contributed by atoms with Gasteiger partial charge in [0.25, 0.3) is 0 Å². The van der Waals surface area contributed by atoms with Crippen LogP contribution in [0, 0.1) is 5.92 Å². The van der Waals surface area contributed by atoms with Crippen LogP contribution in [0.1, 0.15) is 44.9 Å². The average Bonchev–Trinajstić information content (AvgIpc) is 2.41. The Kier molecular flexibility index (Phi) is 3.69. The van der Waals surface area contributed by atoms with Crippen molar-refractivity contribution in [1.82, 2.24) is 5.32 Å². The van der Waals surface area contributed by atoms with Gasteiger partial charge in [-0.2, -0.15) is 0 Å². The van der Waals surface area contributed by atoms with Crippen LogP contribution in [0.25, 0.3) is 0 Å².